The number of hydrogen-bond donors (Lipinski definition) is 0. The zero-order valence-electron chi connectivity index (χ0n) is 13.6. The van der Waals surface area contributed by atoms with Crippen molar-refractivity contribution in [3.8, 4) is 0 Å². The summed E-state index contributed by atoms with van der Waals surface area (Å²) in [6, 6.07) is 9.71. The topological polar surface area (TPSA) is 52.6 Å². The second-order valence-corrected chi connectivity index (χ2v) is 5.45. The van der Waals surface area contributed by atoms with Crippen molar-refractivity contribution in [1.29, 1.82) is 0 Å². The van der Waals surface area contributed by atoms with Gasteiger partial charge in [0.2, 0.25) is 0 Å². The van der Waals surface area contributed by atoms with Crippen LogP contribution in [0, 0.1) is 5.41 Å². The highest BCUT2D eigenvalue weighted by Crippen LogP contribution is 2.48. The van der Waals surface area contributed by atoms with Gasteiger partial charge in [0.05, 0.1) is 13.2 Å². The van der Waals surface area contributed by atoms with Crippen molar-refractivity contribution < 1.29 is 19.1 Å². The van der Waals surface area contributed by atoms with Crippen molar-refractivity contribution >= 4 is 17.5 Å². The fourth-order valence-corrected chi connectivity index (χ4v) is 2.94. The summed E-state index contributed by atoms with van der Waals surface area (Å²) < 4.78 is 10.3. The first-order valence-electron chi connectivity index (χ1n) is 7.83. The van der Waals surface area contributed by atoms with Gasteiger partial charge in [-0.25, -0.2) is 0 Å². The van der Waals surface area contributed by atoms with E-state index in [-0.39, 0.29) is 26.1 Å². The van der Waals surface area contributed by atoms with E-state index >= 15 is 0 Å². The van der Waals surface area contributed by atoms with E-state index in [4.69, 9.17) is 9.47 Å². The van der Waals surface area contributed by atoms with Gasteiger partial charge in [0, 0.05) is 6.42 Å². The van der Waals surface area contributed by atoms with Crippen molar-refractivity contribution in [2.24, 2.45) is 5.41 Å². The number of rotatable bonds is 6. The molecule has 2 rings (SSSR count). The van der Waals surface area contributed by atoms with Gasteiger partial charge < -0.3 is 9.47 Å². The third-order valence-corrected chi connectivity index (χ3v) is 4.06. The van der Waals surface area contributed by atoms with Gasteiger partial charge in [-0.3, -0.25) is 9.59 Å². The van der Waals surface area contributed by atoms with Crippen LogP contribution in [0.15, 0.2) is 48.6 Å². The molecule has 1 aliphatic rings. The maximum absolute atomic E-state index is 12.5. The number of carbonyl (C=O) groups excluding carboxylic acids is 2. The number of ether oxygens (including phenoxy) is 2. The Morgan fingerprint density at radius 1 is 1.09 bits per heavy atom. The smallest absolute Gasteiger partial charge is 0.324 e. The third kappa shape index (κ3) is 3.21. The van der Waals surface area contributed by atoms with Crippen LogP contribution >= 0.6 is 0 Å². The van der Waals surface area contributed by atoms with Gasteiger partial charge in [-0.15, -0.1) is 0 Å². The second kappa shape index (κ2) is 7.27. The molecule has 0 amide bonds. The van der Waals surface area contributed by atoms with E-state index < -0.39 is 17.4 Å². The Bertz CT molecular complexity index is 610. The van der Waals surface area contributed by atoms with Crippen molar-refractivity contribution in [1.82, 2.24) is 0 Å². The Kier molecular flexibility index (Phi) is 5.37. The van der Waals surface area contributed by atoms with Crippen LogP contribution in [-0.4, -0.2) is 25.2 Å². The monoisotopic (exact) mass is 314 g/mol. The van der Waals surface area contributed by atoms with E-state index in [0.717, 1.165) is 16.7 Å². The lowest BCUT2D eigenvalue weighted by Crippen LogP contribution is -2.40. The molecule has 0 saturated heterocycles. The molecule has 0 unspecified atom stereocenters. The summed E-state index contributed by atoms with van der Waals surface area (Å²) in [5.41, 5.74) is 1.51. The molecule has 0 bridgehead atoms. The Labute approximate surface area is 136 Å². The van der Waals surface area contributed by atoms with E-state index in [9.17, 15) is 9.59 Å². The standard InChI is InChI=1S/C19H22O4/c1-4-14-12-19(17(20)22-5-2,18(21)23-6-3)13-16(14)15-10-8-7-9-11-15/h4,7-11H,1,5-6,12-13H2,2-3H3. The van der Waals surface area contributed by atoms with Crippen molar-refractivity contribution in [3.63, 3.8) is 0 Å². The minimum Gasteiger partial charge on any atom is -0.465 e. The lowest BCUT2D eigenvalue weighted by atomic mass is 9.83. The van der Waals surface area contributed by atoms with E-state index in [1.54, 1.807) is 19.9 Å². The highest BCUT2D eigenvalue weighted by Gasteiger charge is 2.53. The molecule has 4 nitrogen and oxygen atoms in total. The number of allylic oxidation sites excluding steroid dienone is 3. The molecule has 23 heavy (non-hydrogen) atoms. The number of carbonyl (C=O) groups is 2. The first-order valence-corrected chi connectivity index (χ1v) is 7.83. The molecule has 0 radical (unpaired) electrons. The van der Waals surface area contributed by atoms with Crippen LogP contribution < -0.4 is 0 Å². The molecule has 4 heteroatoms. The highest BCUT2D eigenvalue weighted by molar-refractivity contribution is 6.04. The molecule has 1 aromatic carbocycles. The molecule has 0 aromatic heterocycles. The maximum atomic E-state index is 12.5. The summed E-state index contributed by atoms with van der Waals surface area (Å²) in [5, 5.41) is 0. The quantitative estimate of drug-likeness (QED) is 0.595. The zero-order chi connectivity index (χ0) is 16.9. The molecular weight excluding hydrogens is 292 g/mol. The van der Waals surface area contributed by atoms with Crippen LogP contribution in [0.25, 0.3) is 5.57 Å². The molecule has 122 valence electrons. The number of esters is 2. The average molecular weight is 314 g/mol. The molecular formula is C19H22O4. The SMILES string of the molecule is C=CC1=C(c2ccccc2)CC(C(=O)OCC)(C(=O)OCC)C1. The Morgan fingerprint density at radius 2 is 1.65 bits per heavy atom. The summed E-state index contributed by atoms with van der Waals surface area (Å²) in [5.74, 6) is -1.05. The molecule has 0 atom stereocenters. The predicted molar refractivity (Wildman–Crippen MR) is 88.5 cm³/mol. The van der Waals surface area contributed by atoms with Crippen LogP contribution in [0.2, 0.25) is 0 Å². The van der Waals surface area contributed by atoms with E-state index in [0.29, 0.717) is 0 Å². The lowest BCUT2D eigenvalue weighted by molar-refractivity contribution is -0.171. The maximum Gasteiger partial charge on any atom is 0.324 e. The summed E-state index contributed by atoms with van der Waals surface area (Å²) >= 11 is 0. The van der Waals surface area contributed by atoms with E-state index in [1.165, 1.54) is 0 Å². The minimum absolute atomic E-state index is 0.226. The average Bonchev–Trinajstić information content (AvgIpc) is 2.97. The van der Waals surface area contributed by atoms with Gasteiger partial charge in [-0.05, 0) is 37.0 Å². The van der Waals surface area contributed by atoms with Crippen LogP contribution in [0.5, 0.6) is 0 Å². The molecule has 0 aliphatic heterocycles. The van der Waals surface area contributed by atoms with Crippen molar-refractivity contribution in [3.05, 3.63) is 54.1 Å². The van der Waals surface area contributed by atoms with Gasteiger partial charge in [0.1, 0.15) is 0 Å². The van der Waals surface area contributed by atoms with Crippen molar-refractivity contribution in [2.45, 2.75) is 26.7 Å². The largest absolute Gasteiger partial charge is 0.465 e. The third-order valence-electron chi connectivity index (χ3n) is 4.06. The second-order valence-electron chi connectivity index (χ2n) is 5.45. The zero-order valence-corrected chi connectivity index (χ0v) is 13.6. The van der Waals surface area contributed by atoms with Crippen LogP contribution in [0.3, 0.4) is 0 Å². The number of hydrogen-bond acceptors (Lipinski definition) is 4. The van der Waals surface area contributed by atoms with Gasteiger partial charge >= 0.3 is 11.9 Å². The predicted octanol–water partition coefficient (Wildman–Crippen LogP) is 3.53. The molecule has 0 spiro atoms. The molecule has 0 N–H and O–H groups in total. The summed E-state index contributed by atoms with van der Waals surface area (Å²) in [4.78, 5) is 25.1. The Balaban J connectivity index is 2.43. The fraction of sp³-hybridized carbons (Fsp3) is 0.368. The highest BCUT2D eigenvalue weighted by atomic mass is 16.6. The van der Waals surface area contributed by atoms with Crippen LogP contribution in [0.1, 0.15) is 32.3 Å². The molecule has 0 saturated carbocycles. The van der Waals surface area contributed by atoms with Gasteiger partial charge in [0.25, 0.3) is 0 Å². The van der Waals surface area contributed by atoms with Crippen LogP contribution in [0.4, 0.5) is 0 Å². The minimum atomic E-state index is -1.30. The first kappa shape index (κ1) is 17.0. The Hall–Kier alpha value is -2.36. The fourth-order valence-electron chi connectivity index (χ4n) is 2.94. The summed E-state index contributed by atoms with van der Waals surface area (Å²) in [6.45, 7) is 7.74. The lowest BCUT2D eigenvalue weighted by Gasteiger charge is -2.25. The van der Waals surface area contributed by atoms with Gasteiger partial charge in [0.15, 0.2) is 5.41 Å². The van der Waals surface area contributed by atoms with Crippen molar-refractivity contribution in [2.75, 3.05) is 13.2 Å². The van der Waals surface area contributed by atoms with Gasteiger partial charge in [-0.2, -0.15) is 0 Å². The first-order chi connectivity index (χ1) is 11.1. The molecule has 1 aliphatic carbocycles. The Morgan fingerprint density at radius 3 is 2.13 bits per heavy atom. The van der Waals surface area contributed by atoms with Gasteiger partial charge in [-0.1, -0.05) is 43.0 Å². The molecule has 0 fully saturated rings. The summed E-state index contributed by atoms with van der Waals surface area (Å²) in [6.07, 6.45) is 2.25. The molecule has 0 heterocycles. The normalized spacial score (nSPS) is 16.1. The van der Waals surface area contributed by atoms with Crippen LogP contribution in [-0.2, 0) is 19.1 Å². The summed E-state index contributed by atoms with van der Waals surface area (Å²) in [7, 11) is 0. The van der Waals surface area contributed by atoms with E-state index in [1.807, 2.05) is 30.3 Å². The number of benzene rings is 1. The van der Waals surface area contributed by atoms with E-state index in [2.05, 4.69) is 6.58 Å². The molecule has 1 aromatic rings.